The molecule has 2 atom stereocenters. The fraction of sp³-hybridized carbons (Fsp3) is 0.222. The Morgan fingerprint density at radius 2 is 1.95 bits per heavy atom. The first kappa shape index (κ1) is 14.3. The van der Waals surface area contributed by atoms with Gasteiger partial charge in [0.1, 0.15) is 18.1 Å². The van der Waals surface area contributed by atoms with Crippen molar-refractivity contribution in [3.8, 4) is 5.75 Å². The van der Waals surface area contributed by atoms with Gasteiger partial charge in [0.15, 0.2) is 0 Å². The third kappa shape index (κ3) is 2.26. The molecule has 1 aliphatic rings. The number of benzene rings is 2. The third-order valence-electron chi connectivity index (χ3n) is 4.01. The number of amides is 1. The number of carbonyl (C=O) groups excluding carboxylic acids is 2. The molecule has 0 bridgehead atoms. The number of hydrogen-bond donors (Lipinski definition) is 1. The van der Waals surface area contributed by atoms with Crippen LogP contribution in [-0.2, 0) is 0 Å². The van der Waals surface area contributed by atoms with E-state index >= 15 is 0 Å². The van der Waals surface area contributed by atoms with Crippen LogP contribution in [0.2, 0.25) is 0 Å². The molecular formula is C18H17NO3. The van der Waals surface area contributed by atoms with Crippen molar-refractivity contribution >= 4 is 12.2 Å². The summed E-state index contributed by atoms with van der Waals surface area (Å²) in [6, 6.07) is 13.4. The molecular weight excluding hydrogens is 278 g/mol. The highest BCUT2D eigenvalue weighted by Gasteiger charge is 2.35. The smallest absolute Gasteiger partial charge is 0.254 e. The van der Waals surface area contributed by atoms with Crippen molar-refractivity contribution in [2.45, 2.75) is 18.9 Å². The number of aldehydes is 1. The van der Waals surface area contributed by atoms with Crippen molar-refractivity contribution in [1.29, 1.82) is 0 Å². The average Bonchev–Trinajstić information content (AvgIpc) is 2.89. The number of rotatable bonds is 3. The topological polar surface area (TPSA) is 55.4 Å². The van der Waals surface area contributed by atoms with Gasteiger partial charge in [0.25, 0.3) is 5.91 Å². The standard InChI is InChI=1S/C18H17NO3/c1-11-16(13-6-4-3-5-7-13)14-8-12(10-20)9-15(17(14)22-11)18(21)19-2/h3-11,16H,1-2H3,(H,19,21). The Hall–Kier alpha value is -2.62. The minimum absolute atomic E-state index is 0.0134. The first-order chi connectivity index (χ1) is 10.7. The maximum absolute atomic E-state index is 12.1. The van der Waals surface area contributed by atoms with Crippen LogP contribution in [-0.4, -0.2) is 25.3 Å². The van der Waals surface area contributed by atoms with Gasteiger partial charge in [-0.3, -0.25) is 9.59 Å². The molecule has 2 aromatic carbocycles. The van der Waals surface area contributed by atoms with E-state index in [-0.39, 0.29) is 17.9 Å². The van der Waals surface area contributed by atoms with Gasteiger partial charge in [-0.15, -0.1) is 0 Å². The summed E-state index contributed by atoms with van der Waals surface area (Å²) in [5.74, 6) is 0.340. The lowest BCUT2D eigenvalue weighted by Gasteiger charge is -2.15. The van der Waals surface area contributed by atoms with Crippen LogP contribution in [0.4, 0.5) is 0 Å². The van der Waals surface area contributed by atoms with E-state index < -0.39 is 0 Å². The predicted octanol–water partition coefficient (Wildman–Crippen LogP) is 2.77. The van der Waals surface area contributed by atoms with Crippen LogP contribution in [0.1, 0.15) is 44.7 Å². The first-order valence-electron chi connectivity index (χ1n) is 7.22. The summed E-state index contributed by atoms with van der Waals surface area (Å²) in [5, 5.41) is 2.60. The van der Waals surface area contributed by atoms with E-state index in [1.807, 2.05) is 43.3 Å². The highest BCUT2D eigenvalue weighted by atomic mass is 16.5. The van der Waals surface area contributed by atoms with Gasteiger partial charge >= 0.3 is 0 Å². The summed E-state index contributed by atoms with van der Waals surface area (Å²) in [7, 11) is 1.56. The van der Waals surface area contributed by atoms with Gasteiger partial charge in [-0.1, -0.05) is 30.3 Å². The van der Waals surface area contributed by atoms with E-state index in [2.05, 4.69) is 5.32 Å². The molecule has 4 heteroatoms. The Kier molecular flexibility index (Phi) is 3.67. The van der Waals surface area contributed by atoms with E-state index in [9.17, 15) is 9.59 Å². The minimum atomic E-state index is -0.249. The summed E-state index contributed by atoms with van der Waals surface area (Å²) in [5.41, 5.74) is 2.89. The van der Waals surface area contributed by atoms with E-state index in [1.165, 1.54) is 0 Å². The monoisotopic (exact) mass is 295 g/mol. The molecule has 1 aliphatic heterocycles. The van der Waals surface area contributed by atoms with Crippen molar-refractivity contribution in [2.24, 2.45) is 0 Å². The zero-order valence-electron chi connectivity index (χ0n) is 12.5. The van der Waals surface area contributed by atoms with E-state index in [0.29, 0.717) is 16.9 Å². The zero-order valence-corrected chi connectivity index (χ0v) is 12.5. The quantitative estimate of drug-likeness (QED) is 0.886. The number of hydrogen-bond acceptors (Lipinski definition) is 3. The average molecular weight is 295 g/mol. The fourth-order valence-corrected chi connectivity index (χ4v) is 3.03. The van der Waals surface area contributed by atoms with Gasteiger partial charge < -0.3 is 10.1 Å². The number of ether oxygens (including phenoxy) is 1. The minimum Gasteiger partial charge on any atom is -0.489 e. The molecule has 1 N–H and O–H groups in total. The molecule has 1 amide bonds. The summed E-state index contributed by atoms with van der Waals surface area (Å²) < 4.78 is 5.95. The maximum Gasteiger partial charge on any atom is 0.254 e. The van der Waals surface area contributed by atoms with Crippen LogP contribution in [0.5, 0.6) is 5.75 Å². The van der Waals surface area contributed by atoms with Crippen LogP contribution in [0.15, 0.2) is 42.5 Å². The van der Waals surface area contributed by atoms with E-state index in [0.717, 1.165) is 17.4 Å². The summed E-state index contributed by atoms with van der Waals surface area (Å²) in [6.07, 6.45) is 0.667. The van der Waals surface area contributed by atoms with Crippen molar-refractivity contribution in [3.63, 3.8) is 0 Å². The second-order valence-corrected chi connectivity index (χ2v) is 5.40. The molecule has 0 saturated carbocycles. The molecule has 0 aliphatic carbocycles. The molecule has 0 aromatic heterocycles. The zero-order chi connectivity index (χ0) is 15.7. The highest BCUT2D eigenvalue weighted by Crippen LogP contribution is 2.44. The van der Waals surface area contributed by atoms with Gasteiger partial charge in [0.2, 0.25) is 0 Å². The Balaban J connectivity index is 2.19. The third-order valence-corrected chi connectivity index (χ3v) is 4.01. The van der Waals surface area contributed by atoms with Gasteiger partial charge in [0, 0.05) is 24.1 Å². The van der Waals surface area contributed by atoms with Crippen molar-refractivity contribution in [2.75, 3.05) is 7.05 Å². The Morgan fingerprint density at radius 1 is 1.23 bits per heavy atom. The Bertz CT molecular complexity index is 725. The molecule has 0 spiro atoms. The molecule has 112 valence electrons. The molecule has 2 unspecified atom stereocenters. The van der Waals surface area contributed by atoms with Gasteiger partial charge in [-0.25, -0.2) is 0 Å². The molecule has 3 rings (SSSR count). The summed E-state index contributed by atoms with van der Waals surface area (Å²) in [6.45, 7) is 1.98. The first-order valence-corrected chi connectivity index (χ1v) is 7.22. The van der Waals surface area contributed by atoms with Crippen LogP contribution in [0.25, 0.3) is 0 Å². The Labute approximate surface area is 129 Å². The number of fused-ring (bicyclic) bond motifs is 1. The number of carbonyl (C=O) groups is 2. The van der Waals surface area contributed by atoms with Crippen LogP contribution < -0.4 is 10.1 Å². The summed E-state index contributed by atoms with van der Waals surface area (Å²) >= 11 is 0. The molecule has 2 aromatic rings. The van der Waals surface area contributed by atoms with Crippen molar-refractivity contribution in [1.82, 2.24) is 5.32 Å². The van der Waals surface area contributed by atoms with E-state index in [4.69, 9.17) is 4.74 Å². The lowest BCUT2D eigenvalue weighted by atomic mass is 9.87. The second kappa shape index (κ2) is 5.64. The number of nitrogens with one attached hydrogen (secondary N) is 1. The lowest BCUT2D eigenvalue weighted by molar-refractivity contribution is 0.0958. The highest BCUT2D eigenvalue weighted by molar-refractivity contribution is 5.99. The largest absolute Gasteiger partial charge is 0.489 e. The lowest BCUT2D eigenvalue weighted by Crippen LogP contribution is -2.19. The maximum atomic E-state index is 12.1. The van der Waals surface area contributed by atoms with Crippen LogP contribution in [0, 0.1) is 0 Å². The summed E-state index contributed by atoms with van der Waals surface area (Å²) in [4.78, 5) is 23.3. The fourth-order valence-electron chi connectivity index (χ4n) is 3.03. The molecule has 0 saturated heterocycles. The molecule has 1 heterocycles. The van der Waals surface area contributed by atoms with Gasteiger partial charge in [-0.2, -0.15) is 0 Å². The molecule has 22 heavy (non-hydrogen) atoms. The van der Waals surface area contributed by atoms with Gasteiger partial charge in [-0.05, 0) is 24.6 Å². The van der Waals surface area contributed by atoms with Crippen molar-refractivity contribution in [3.05, 3.63) is 64.7 Å². The Morgan fingerprint density at radius 3 is 2.59 bits per heavy atom. The van der Waals surface area contributed by atoms with Crippen molar-refractivity contribution < 1.29 is 14.3 Å². The van der Waals surface area contributed by atoms with Gasteiger partial charge in [0.05, 0.1) is 5.56 Å². The second-order valence-electron chi connectivity index (χ2n) is 5.40. The SMILES string of the molecule is CNC(=O)c1cc(C=O)cc2c1OC(C)C2c1ccccc1. The molecule has 0 radical (unpaired) electrons. The normalized spacial score (nSPS) is 19.2. The predicted molar refractivity (Wildman–Crippen MR) is 83.6 cm³/mol. The molecule has 0 fully saturated rings. The molecule has 4 nitrogen and oxygen atoms in total. The van der Waals surface area contributed by atoms with E-state index in [1.54, 1.807) is 13.1 Å². The van der Waals surface area contributed by atoms with Crippen LogP contribution in [0.3, 0.4) is 0 Å². The van der Waals surface area contributed by atoms with Crippen LogP contribution >= 0.6 is 0 Å².